The highest BCUT2D eigenvalue weighted by Gasteiger charge is 2.27. The summed E-state index contributed by atoms with van der Waals surface area (Å²) in [5.41, 5.74) is 5.36. The maximum Gasteiger partial charge on any atom is 0.472 e. The monoisotopic (exact) mass is 900 g/mol. The van der Waals surface area contributed by atoms with Crippen LogP contribution in [0.2, 0.25) is 0 Å². The normalized spacial score (nSPS) is 14.7. The summed E-state index contributed by atoms with van der Waals surface area (Å²) < 4.78 is 33.4. The first-order chi connectivity index (χ1) is 30.7. The Bertz CT molecular complexity index is 1410. The maximum absolute atomic E-state index is 12.7. The molecule has 0 aliphatic carbocycles. The van der Waals surface area contributed by atoms with Gasteiger partial charge in [-0.15, -0.1) is 0 Å². The number of hydrogen-bond acceptors (Lipinski definition) is 8. The zero-order chi connectivity index (χ0) is 46.2. The molecule has 3 atom stereocenters. The molecule has 63 heavy (non-hydrogen) atoms. The topological polar surface area (TPSA) is 155 Å². The second kappa shape index (κ2) is 46.6. The van der Waals surface area contributed by atoms with Crippen molar-refractivity contribution >= 4 is 19.8 Å². The largest absolute Gasteiger partial charge is 0.480 e. The molecule has 0 fully saturated rings. The van der Waals surface area contributed by atoms with E-state index in [1.165, 1.54) is 19.3 Å². The summed E-state index contributed by atoms with van der Waals surface area (Å²) >= 11 is 0. The van der Waals surface area contributed by atoms with E-state index in [2.05, 4.69) is 123 Å². The molecule has 0 aromatic carbocycles. The third kappa shape index (κ3) is 46.4. The Morgan fingerprint density at radius 2 is 0.873 bits per heavy atom. The number of hydrogen-bond donors (Lipinski definition) is 3. The van der Waals surface area contributed by atoms with Crippen LogP contribution in [0.15, 0.2) is 109 Å². The fourth-order valence-electron chi connectivity index (χ4n) is 5.91. The minimum Gasteiger partial charge on any atom is -0.480 e. The Balaban J connectivity index is 4.27. The first-order valence-corrected chi connectivity index (χ1v) is 25.4. The second-order valence-electron chi connectivity index (χ2n) is 15.5. The number of carboxylic acid groups (broad SMARTS) is 1. The smallest absolute Gasteiger partial charge is 0.472 e. The molecule has 4 N–H and O–H groups in total. The molecule has 0 spiro atoms. The lowest BCUT2D eigenvalue weighted by atomic mass is 10.1. The number of rotatable bonds is 44. The van der Waals surface area contributed by atoms with E-state index in [-0.39, 0.29) is 13.0 Å². The Hall–Kier alpha value is -3.37. The molecule has 358 valence electrons. The highest BCUT2D eigenvalue weighted by molar-refractivity contribution is 7.47. The molecule has 0 aromatic rings. The molecular formula is C52H86NO9P. The van der Waals surface area contributed by atoms with Gasteiger partial charge < -0.3 is 25.2 Å². The van der Waals surface area contributed by atoms with Gasteiger partial charge in [0.05, 0.1) is 19.8 Å². The zero-order valence-corrected chi connectivity index (χ0v) is 40.0. The SMILES string of the molecule is CC/C=C\C/C=C\C/C=C\C/C=C\C/C=C\C/C=C\CCCCCCCOCC(COP(=O)(O)OCC(N)C(=O)O)OC(=O)CCCCCCCCC/C=C\C/C=C\C/C=C\CC. The van der Waals surface area contributed by atoms with Crippen molar-refractivity contribution in [3.8, 4) is 0 Å². The van der Waals surface area contributed by atoms with E-state index in [1.807, 2.05) is 0 Å². The summed E-state index contributed by atoms with van der Waals surface area (Å²) in [4.78, 5) is 33.6. The molecule has 0 saturated heterocycles. The zero-order valence-electron chi connectivity index (χ0n) is 39.1. The van der Waals surface area contributed by atoms with Crippen molar-refractivity contribution in [3.05, 3.63) is 109 Å². The first kappa shape index (κ1) is 59.6. The van der Waals surface area contributed by atoms with Crippen LogP contribution in [0, 0.1) is 0 Å². The number of phosphoric acid groups is 1. The fourth-order valence-corrected chi connectivity index (χ4v) is 6.69. The molecule has 3 unspecified atom stereocenters. The predicted molar refractivity (Wildman–Crippen MR) is 262 cm³/mol. The third-order valence-electron chi connectivity index (χ3n) is 9.55. The van der Waals surface area contributed by atoms with Gasteiger partial charge >= 0.3 is 19.8 Å². The number of phosphoric ester groups is 1. The van der Waals surface area contributed by atoms with Gasteiger partial charge in [-0.25, -0.2) is 4.57 Å². The molecule has 0 aromatic heterocycles. The quantitative estimate of drug-likeness (QED) is 0.0233. The summed E-state index contributed by atoms with van der Waals surface area (Å²) in [6.45, 7) is 3.58. The number of carbonyl (C=O) groups is 2. The molecule has 0 aliphatic heterocycles. The Morgan fingerprint density at radius 3 is 1.30 bits per heavy atom. The minimum atomic E-state index is -4.64. The van der Waals surface area contributed by atoms with E-state index in [9.17, 15) is 19.0 Å². The number of unbranched alkanes of at least 4 members (excludes halogenated alkanes) is 12. The molecule has 0 saturated carbocycles. The van der Waals surface area contributed by atoms with E-state index in [0.717, 1.165) is 122 Å². The van der Waals surface area contributed by atoms with Crippen LogP contribution in [-0.2, 0) is 32.7 Å². The number of carboxylic acids is 1. The number of esters is 1. The van der Waals surface area contributed by atoms with Gasteiger partial charge in [0.2, 0.25) is 0 Å². The van der Waals surface area contributed by atoms with Gasteiger partial charge in [0.1, 0.15) is 12.1 Å². The number of aliphatic carboxylic acids is 1. The van der Waals surface area contributed by atoms with Gasteiger partial charge in [0, 0.05) is 13.0 Å². The molecule has 0 aliphatic rings. The predicted octanol–water partition coefficient (Wildman–Crippen LogP) is 13.9. The standard InChI is InChI=1S/C52H86NO9P/c1-3-5-7-9-11-13-15-17-19-21-22-23-24-25-26-27-29-31-33-35-37-39-41-43-45-59-46-49(47-60-63(57,58)61-48-50(53)52(55)56)62-51(54)44-42-40-38-36-34-32-30-28-20-18-16-14-12-10-8-6-4-2/h5-8,11-14,17-20,22-23,25-26,29,31,49-50H,3-4,9-10,15-16,21,24,27-28,30,32-48,53H2,1-2H3,(H,55,56)(H,57,58)/b7-5-,8-6-,13-11-,14-12-,19-17-,20-18-,23-22-,26-25-,31-29-. The van der Waals surface area contributed by atoms with E-state index >= 15 is 0 Å². The number of ether oxygens (including phenoxy) is 2. The maximum atomic E-state index is 12.7. The van der Waals surface area contributed by atoms with Gasteiger partial charge in [-0.3, -0.25) is 18.6 Å². The summed E-state index contributed by atoms with van der Waals surface area (Å²) in [5, 5.41) is 8.92. The molecule has 0 amide bonds. The molecule has 0 heterocycles. The van der Waals surface area contributed by atoms with Crippen molar-refractivity contribution in [2.45, 2.75) is 180 Å². The van der Waals surface area contributed by atoms with E-state index in [4.69, 9.17) is 29.4 Å². The summed E-state index contributed by atoms with van der Waals surface area (Å²) in [5.74, 6) is -1.81. The third-order valence-corrected chi connectivity index (χ3v) is 10.5. The first-order valence-electron chi connectivity index (χ1n) is 23.9. The van der Waals surface area contributed by atoms with Crippen LogP contribution < -0.4 is 5.73 Å². The van der Waals surface area contributed by atoms with Crippen molar-refractivity contribution in [1.82, 2.24) is 0 Å². The Labute approximate surface area is 382 Å². The number of carbonyl (C=O) groups excluding carboxylic acids is 1. The van der Waals surface area contributed by atoms with Gasteiger partial charge in [0.25, 0.3) is 0 Å². The molecule has 0 bridgehead atoms. The van der Waals surface area contributed by atoms with Crippen LogP contribution in [0.25, 0.3) is 0 Å². The van der Waals surface area contributed by atoms with Gasteiger partial charge in [0.15, 0.2) is 0 Å². The molecule has 0 rings (SSSR count). The van der Waals surface area contributed by atoms with Gasteiger partial charge in [-0.1, -0.05) is 175 Å². The van der Waals surface area contributed by atoms with Crippen molar-refractivity contribution in [1.29, 1.82) is 0 Å². The van der Waals surface area contributed by atoms with Gasteiger partial charge in [-0.05, 0) is 96.3 Å². The lowest BCUT2D eigenvalue weighted by Crippen LogP contribution is -2.34. The van der Waals surface area contributed by atoms with Crippen LogP contribution in [0.4, 0.5) is 0 Å². The van der Waals surface area contributed by atoms with E-state index < -0.39 is 45.1 Å². The van der Waals surface area contributed by atoms with Crippen LogP contribution in [-0.4, -0.2) is 60.5 Å². The average molecular weight is 900 g/mol. The Kier molecular flexibility index (Phi) is 44.1. The van der Waals surface area contributed by atoms with E-state index in [0.29, 0.717) is 13.0 Å². The highest BCUT2D eigenvalue weighted by atomic mass is 31.2. The van der Waals surface area contributed by atoms with Crippen molar-refractivity contribution in [2.24, 2.45) is 5.73 Å². The summed E-state index contributed by atoms with van der Waals surface area (Å²) in [6, 6.07) is -1.49. The Morgan fingerprint density at radius 1 is 0.508 bits per heavy atom. The van der Waals surface area contributed by atoms with E-state index in [1.54, 1.807) is 0 Å². The van der Waals surface area contributed by atoms with Crippen molar-refractivity contribution in [3.63, 3.8) is 0 Å². The molecule has 0 radical (unpaired) electrons. The summed E-state index contributed by atoms with van der Waals surface area (Å²) in [6.07, 6.45) is 62.8. The lowest BCUT2D eigenvalue weighted by Gasteiger charge is -2.20. The minimum absolute atomic E-state index is 0.00834. The van der Waals surface area contributed by atoms with Gasteiger partial charge in [-0.2, -0.15) is 0 Å². The van der Waals surface area contributed by atoms with Crippen LogP contribution >= 0.6 is 7.82 Å². The average Bonchev–Trinajstić information content (AvgIpc) is 3.26. The van der Waals surface area contributed by atoms with Crippen LogP contribution in [0.5, 0.6) is 0 Å². The number of allylic oxidation sites excluding steroid dienone is 18. The molecular weight excluding hydrogens is 814 g/mol. The van der Waals surface area contributed by atoms with Crippen molar-refractivity contribution < 1.29 is 42.7 Å². The van der Waals surface area contributed by atoms with Crippen molar-refractivity contribution in [2.75, 3.05) is 26.4 Å². The molecule has 10 nitrogen and oxygen atoms in total. The van der Waals surface area contributed by atoms with Crippen LogP contribution in [0.1, 0.15) is 168 Å². The van der Waals surface area contributed by atoms with Crippen LogP contribution in [0.3, 0.4) is 0 Å². The lowest BCUT2D eigenvalue weighted by molar-refractivity contribution is -0.154. The summed E-state index contributed by atoms with van der Waals surface area (Å²) in [7, 11) is -4.64. The second-order valence-corrected chi connectivity index (χ2v) is 16.9. The highest BCUT2D eigenvalue weighted by Crippen LogP contribution is 2.43. The number of nitrogens with two attached hydrogens (primary N) is 1. The molecule has 11 heteroatoms. The fraction of sp³-hybridized carbons (Fsp3) is 0.615.